The maximum absolute atomic E-state index is 12.9. The van der Waals surface area contributed by atoms with Crippen LogP contribution >= 0.6 is 11.6 Å². The van der Waals surface area contributed by atoms with E-state index in [1.54, 1.807) is 37.6 Å². The molecule has 0 aromatic carbocycles. The van der Waals surface area contributed by atoms with Crippen LogP contribution in [0.15, 0.2) is 30.7 Å². The van der Waals surface area contributed by atoms with Crippen LogP contribution in [0.25, 0.3) is 5.69 Å². The van der Waals surface area contributed by atoms with Crippen LogP contribution in [0.3, 0.4) is 0 Å². The number of pyridine rings is 1. The van der Waals surface area contributed by atoms with E-state index in [0.717, 1.165) is 0 Å². The second kappa shape index (κ2) is 10.6. The summed E-state index contributed by atoms with van der Waals surface area (Å²) in [6.45, 7) is 2.19. The maximum Gasteiger partial charge on any atom is 0.389 e. The molecule has 0 aliphatic rings. The Hall–Kier alpha value is -1.98. The molecular formula is C19H27ClF3N5O2S. The number of alkyl halides is 3. The second-order valence-corrected chi connectivity index (χ2v) is 10.8. The van der Waals surface area contributed by atoms with Crippen molar-refractivity contribution in [3.05, 3.63) is 35.9 Å². The molecule has 0 aliphatic heterocycles. The summed E-state index contributed by atoms with van der Waals surface area (Å²) in [4.78, 5) is 18.3. The monoisotopic (exact) mass is 481 g/mol. The van der Waals surface area contributed by atoms with Crippen LogP contribution < -0.4 is 4.90 Å². The van der Waals surface area contributed by atoms with Gasteiger partial charge in [0.1, 0.15) is 5.69 Å². The van der Waals surface area contributed by atoms with Gasteiger partial charge in [0.05, 0.1) is 18.1 Å². The molecule has 174 valence electrons. The van der Waals surface area contributed by atoms with Crippen LogP contribution in [0.4, 0.5) is 18.9 Å². The SMILES string of the molecule is CCN(C(=O)CCN(CCCC(F)(F)F)[SH](C)(C)=O)c1cn(-c2cccnc2)nc1Cl. The second-order valence-electron chi connectivity index (χ2n) is 7.32. The number of rotatable bonds is 10. The van der Waals surface area contributed by atoms with E-state index in [2.05, 4.69) is 10.1 Å². The zero-order valence-corrected chi connectivity index (χ0v) is 19.3. The molecule has 12 heteroatoms. The summed E-state index contributed by atoms with van der Waals surface area (Å²) in [7, 11) is -2.82. The van der Waals surface area contributed by atoms with E-state index in [4.69, 9.17) is 11.6 Å². The molecule has 0 fully saturated rings. The molecule has 7 nitrogen and oxygen atoms in total. The van der Waals surface area contributed by atoms with Crippen LogP contribution in [0.1, 0.15) is 26.2 Å². The van der Waals surface area contributed by atoms with Crippen molar-refractivity contribution in [2.24, 2.45) is 0 Å². The van der Waals surface area contributed by atoms with Gasteiger partial charge in [0.25, 0.3) is 0 Å². The number of carbonyl (C=O) groups is 1. The van der Waals surface area contributed by atoms with Gasteiger partial charge in [0.2, 0.25) is 5.91 Å². The lowest BCUT2D eigenvalue weighted by Crippen LogP contribution is -2.40. The number of amides is 1. The first kappa shape index (κ1) is 25.3. The number of aromatic nitrogens is 3. The molecule has 2 heterocycles. The van der Waals surface area contributed by atoms with E-state index >= 15 is 0 Å². The summed E-state index contributed by atoms with van der Waals surface area (Å²) in [5.74, 6) is -0.288. The highest BCUT2D eigenvalue weighted by molar-refractivity contribution is 7.99. The summed E-state index contributed by atoms with van der Waals surface area (Å²) in [5.41, 5.74) is 1.09. The predicted octanol–water partition coefficient (Wildman–Crippen LogP) is 3.50. The van der Waals surface area contributed by atoms with E-state index in [9.17, 15) is 22.2 Å². The van der Waals surface area contributed by atoms with E-state index in [-0.39, 0.29) is 37.0 Å². The largest absolute Gasteiger partial charge is 0.389 e. The van der Waals surface area contributed by atoms with E-state index < -0.39 is 22.7 Å². The third-order valence-electron chi connectivity index (χ3n) is 4.61. The summed E-state index contributed by atoms with van der Waals surface area (Å²) in [6.07, 6.45) is 2.40. The summed E-state index contributed by atoms with van der Waals surface area (Å²) < 4.78 is 52.8. The quantitative estimate of drug-likeness (QED) is 0.527. The number of carbonyl (C=O) groups excluding carboxylic acids is 1. The molecule has 2 aromatic rings. The highest BCUT2D eigenvalue weighted by atomic mass is 35.5. The molecule has 0 spiro atoms. The van der Waals surface area contributed by atoms with E-state index in [0.29, 0.717) is 17.9 Å². The van der Waals surface area contributed by atoms with Crippen LogP contribution in [0.2, 0.25) is 5.15 Å². The first-order valence-corrected chi connectivity index (χ1v) is 12.7. The Balaban J connectivity index is 2.08. The van der Waals surface area contributed by atoms with Gasteiger partial charge in [0.15, 0.2) is 5.15 Å². The number of hydrogen-bond donors (Lipinski definition) is 1. The van der Waals surface area contributed by atoms with E-state index in [1.807, 2.05) is 0 Å². The number of halogens is 4. The minimum absolute atomic E-state index is 0.00287. The molecule has 0 unspecified atom stereocenters. The molecule has 2 aromatic heterocycles. The predicted molar refractivity (Wildman–Crippen MR) is 117 cm³/mol. The molecular weight excluding hydrogens is 455 g/mol. The lowest BCUT2D eigenvalue weighted by molar-refractivity contribution is -0.135. The van der Waals surface area contributed by atoms with Crippen LogP contribution in [-0.4, -0.2) is 67.5 Å². The minimum Gasteiger partial charge on any atom is -0.308 e. The summed E-state index contributed by atoms with van der Waals surface area (Å²) >= 11 is 6.25. The average Bonchev–Trinajstić information content (AvgIpc) is 3.05. The van der Waals surface area contributed by atoms with Gasteiger partial charge in [-0.3, -0.25) is 14.0 Å². The van der Waals surface area contributed by atoms with Crippen molar-refractivity contribution in [2.75, 3.05) is 37.0 Å². The standard InChI is InChI=1S/C19H27ClF3N5O2S/c1-4-27(16-14-28(25-18(16)20)15-7-5-10-24-13-15)17(29)8-12-26(31(2,3)30)11-6-9-19(21,22)23/h5,7,10,13-14,31H,4,6,8-9,11-12H2,1-3H3. The molecule has 0 aliphatic carbocycles. The molecule has 0 saturated heterocycles. The van der Waals surface area contributed by atoms with Gasteiger partial charge >= 0.3 is 6.18 Å². The van der Waals surface area contributed by atoms with Gasteiger partial charge in [-0.15, -0.1) is 0 Å². The zero-order valence-electron chi connectivity index (χ0n) is 17.6. The fraction of sp³-hybridized carbons (Fsp3) is 0.526. The topological polar surface area (TPSA) is 71.3 Å². The number of hydrogen-bond acceptors (Lipinski definition) is 4. The van der Waals surface area contributed by atoms with E-state index in [1.165, 1.54) is 26.4 Å². The highest BCUT2D eigenvalue weighted by Gasteiger charge is 2.28. The highest BCUT2D eigenvalue weighted by Crippen LogP contribution is 2.27. The molecule has 0 radical (unpaired) electrons. The molecule has 0 N–H and O–H groups in total. The van der Waals surface area contributed by atoms with Crippen molar-refractivity contribution in [3.63, 3.8) is 0 Å². The van der Waals surface area contributed by atoms with Crippen LogP contribution in [0, 0.1) is 0 Å². The fourth-order valence-corrected chi connectivity index (χ4v) is 4.48. The van der Waals surface area contributed by atoms with Gasteiger partial charge in [-0.1, -0.05) is 21.7 Å². The van der Waals surface area contributed by atoms with Gasteiger partial charge in [0, 0.05) is 51.2 Å². The Kier molecular flexibility index (Phi) is 8.61. The molecule has 0 atom stereocenters. The fourth-order valence-electron chi connectivity index (χ4n) is 3.04. The van der Waals surface area contributed by atoms with Crippen molar-refractivity contribution in [1.29, 1.82) is 0 Å². The number of anilines is 1. The molecule has 0 bridgehead atoms. The Morgan fingerprint density at radius 1 is 1.29 bits per heavy atom. The smallest absolute Gasteiger partial charge is 0.308 e. The maximum atomic E-state index is 12.9. The Morgan fingerprint density at radius 2 is 2.00 bits per heavy atom. The molecule has 1 amide bonds. The third-order valence-corrected chi connectivity index (χ3v) is 6.64. The Bertz CT molecular complexity index is 917. The summed E-state index contributed by atoms with van der Waals surface area (Å²) in [5, 5.41) is 4.35. The number of nitrogens with zero attached hydrogens (tertiary/aromatic N) is 5. The zero-order chi connectivity index (χ0) is 23.2. The number of thiol groups is 1. The average molecular weight is 482 g/mol. The van der Waals surface area contributed by atoms with Crippen molar-refractivity contribution in [1.82, 2.24) is 19.1 Å². The normalized spacial score (nSPS) is 12.9. The Morgan fingerprint density at radius 3 is 2.55 bits per heavy atom. The van der Waals surface area contributed by atoms with Crippen LogP contribution in [-0.2, 0) is 14.9 Å². The molecule has 31 heavy (non-hydrogen) atoms. The lowest BCUT2D eigenvalue weighted by Gasteiger charge is -2.31. The van der Waals surface area contributed by atoms with Crippen molar-refractivity contribution in [3.8, 4) is 5.69 Å². The first-order valence-electron chi connectivity index (χ1n) is 9.75. The Labute approximate surface area is 185 Å². The van der Waals surface area contributed by atoms with Crippen LogP contribution in [0.5, 0.6) is 0 Å². The molecule has 0 saturated carbocycles. The van der Waals surface area contributed by atoms with Gasteiger partial charge < -0.3 is 4.90 Å². The lowest BCUT2D eigenvalue weighted by atomic mass is 10.3. The molecule has 2 rings (SSSR count). The van der Waals surface area contributed by atoms with Gasteiger partial charge in [-0.2, -0.15) is 18.3 Å². The van der Waals surface area contributed by atoms with Gasteiger partial charge in [-0.25, -0.2) is 8.99 Å². The first-order chi connectivity index (χ1) is 14.4. The summed E-state index contributed by atoms with van der Waals surface area (Å²) in [6, 6.07) is 3.53. The third kappa shape index (κ3) is 7.58. The van der Waals surface area contributed by atoms with Crippen molar-refractivity contribution >= 4 is 33.3 Å². The minimum atomic E-state index is -4.27. The van der Waals surface area contributed by atoms with Gasteiger partial charge in [-0.05, 0) is 25.5 Å². The van der Waals surface area contributed by atoms with Crippen molar-refractivity contribution in [2.45, 2.75) is 32.4 Å². The van der Waals surface area contributed by atoms with Crippen molar-refractivity contribution < 1.29 is 22.2 Å².